The Morgan fingerprint density at radius 3 is 2.47 bits per heavy atom. The first-order valence-electron chi connectivity index (χ1n) is 7.48. The maximum Gasteiger partial charge on any atom is 0.0678 e. The Kier molecular flexibility index (Phi) is 5.19. The number of hydrogen-bond acceptors (Lipinski definition) is 4. The van der Waals surface area contributed by atoms with E-state index in [4.69, 9.17) is 4.74 Å². The molecular formula is C15H29NOS2. The molecule has 2 aliphatic heterocycles. The summed E-state index contributed by atoms with van der Waals surface area (Å²) in [5.74, 6) is 4.51. The van der Waals surface area contributed by atoms with Gasteiger partial charge in [-0.1, -0.05) is 6.92 Å². The molecule has 3 atom stereocenters. The second-order valence-corrected chi connectivity index (χ2v) is 9.34. The predicted molar refractivity (Wildman–Crippen MR) is 88.4 cm³/mol. The van der Waals surface area contributed by atoms with Crippen LogP contribution in [0, 0.1) is 5.92 Å². The van der Waals surface area contributed by atoms with Crippen molar-refractivity contribution >= 4 is 23.5 Å². The Bertz CT molecular complexity index is 301. The van der Waals surface area contributed by atoms with Gasteiger partial charge in [0.05, 0.1) is 11.2 Å². The van der Waals surface area contributed by atoms with Gasteiger partial charge in [-0.25, -0.2) is 0 Å². The lowest BCUT2D eigenvalue weighted by Gasteiger charge is -2.39. The second-order valence-electron chi connectivity index (χ2n) is 6.84. The van der Waals surface area contributed by atoms with E-state index in [1.807, 2.05) is 0 Å². The van der Waals surface area contributed by atoms with Gasteiger partial charge in [-0.2, -0.15) is 23.5 Å². The van der Waals surface area contributed by atoms with Crippen molar-refractivity contribution in [3.63, 3.8) is 0 Å². The average Bonchev–Trinajstić information content (AvgIpc) is 2.55. The monoisotopic (exact) mass is 303 g/mol. The van der Waals surface area contributed by atoms with E-state index in [9.17, 15) is 0 Å². The van der Waals surface area contributed by atoms with Crippen LogP contribution in [-0.4, -0.2) is 46.3 Å². The van der Waals surface area contributed by atoms with Crippen LogP contribution in [0.4, 0.5) is 0 Å². The molecule has 3 unspecified atom stereocenters. The van der Waals surface area contributed by atoms with Crippen molar-refractivity contribution in [1.82, 2.24) is 5.32 Å². The molecule has 0 amide bonds. The van der Waals surface area contributed by atoms with Crippen molar-refractivity contribution in [2.24, 2.45) is 5.92 Å². The highest BCUT2D eigenvalue weighted by Gasteiger charge is 2.50. The number of ether oxygens (including phenoxy) is 1. The van der Waals surface area contributed by atoms with E-state index in [0.717, 1.165) is 11.8 Å². The summed E-state index contributed by atoms with van der Waals surface area (Å²) >= 11 is 4.27. The van der Waals surface area contributed by atoms with Crippen LogP contribution in [-0.2, 0) is 4.74 Å². The minimum atomic E-state index is -0.0149. The molecule has 0 saturated carbocycles. The van der Waals surface area contributed by atoms with Gasteiger partial charge in [0, 0.05) is 34.5 Å². The Labute approximate surface area is 127 Å². The molecule has 0 aromatic heterocycles. The maximum absolute atomic E-state index is 6.31. The summed E-state index contributed by atoms with van der Waals surface area (Å²) in [6.45, 7) is 12.3. The summed E-state index contributed by atoms with van der Waals surface area (Å²) in [7, 11) is 0. The van der Waals surface area contributed by atoms with Crippen LogP contribution in [0.25, 0.3) is 0 Å². The number of rotatable bonds is 4. The van der Waals surface area contributed by atoms with Crippen LogP contribution in [0.5, 0.6) is 0 Å². The molecule has 2 rings (SSSR count). The summed E-state index contributed by atoms with van der Waals surface area (Å²) in [6.07, 6.45) is 1.17. The highest BCUT2D eigenvalue weighted by Crippen LogP contribution is 2.46. The van der Waals surface area contributed by atoms with Gasteiger partial charge in [0.25, 0.3) is 0 Å². The zero-order valence-electron chi connectivity index (χ0n) is 13.0. The molecule has 2 fully saturated rings. The standard InChI is InChI=1S/C15H29NOS2/c1-6-16-13(12-10-18-7-8-19-12)11-9-14(2,3)17-15(11,4)5/h11-13,16H,6-10H2,1-5H3. The molecule has 2 aliphatic rings. The van der Waals surface area contributed by atoms with Crippen molar-refractivity contribution in [3.05, 3.63) is 0 Å². The predicted octanol–water partition coefficient (Wildman–Crippen LogP) is 3.41. The Hall–Kier alpha value is 0.620. The summed E-state index contributed by atoms with van der Waals surface area (Å²) < 4.78 is 6.31. The van der Waals surface area contributed by atoms with Crippen molar-refractivity contribution in [1.29, 1.82) is 0 Å². The minimum Gasteiger partial charge on any atom is -0.369 e. The number of hydrogen-bond donors (Lipinski definition) is 1. The lowest BCUT2D eigenvalue weighted by atomic mass is 9.80. The van der Waals surface area contributed by atoms with Crippen LogP contribution in [0.3, 0.4) is 0 Å². The lowest BCUT2D eigenvalue weighted by Crippen LogP contribution is -2.51. The molecule has 2 nitrogen and oxygen atoms in total. The molecule has 0 aliphatic carbocycles. The van der Waals surface area contributed by atoms with Crippen molar-refractivity contribution < 1.29 is 4.74 Å². The van der Waals surface area contributed by atoms with Crippen molar-refractivity contribution in [2.45, 2.75) is 63.5 Å². The molecule has 19 heavy (non-hydrogen) atoms. The summed E-state index contributed by atoms with van der Waals surface area (Å²) in [5, 5.41) is 4.51. The third-order valence-corrected chi connectivity index (χ3v) is 7.14. The van der Waals surface area contributed by atoms with E-state index in [1.165, 1.54) is 23.7 Å². The number of nitrogens with one attached hydrogen (secondary N) is 1. The molecule has 0 aromatic rings. The zero-order chi connectivity index (χ0) is 14.1. The highest BCUT2D eigenvalue weighted by molar-refractivity contribution is 8.06. The Morgan fingerprint density at radius 2 is 2.00 bits per heavy atom. The molecule has 0 radical (unpaired) electrons. The minimum absolute atomic E-state index is 0.0149. The average molecular weight is 304 g/mol. The fourth-order valence-electron chi connectivity index (χ4n) is 3.65. The van der Waals surface area contributed by atoms with Crippen LogP contribution < -0.4 is 5.32 Å². The molecule has 2 saturated heterocycles. The van der Waals surface area contributed by atoms with E-state index >= 15 is 0 Å². The third kappa shape index (κ3) is 3.84. The molecule has 112 valence electrons. The zero-order valence-corrected chi connectivity index (χ0v) is 14.6. The molecule has 2 heterocycles. The fraction of sp³-hybridized carbons (Fsp3) is 1.00. The van der Waals surface area contributed by atoms with Gasteiger partial charge >= 0.3 is 0 Å². The second kappa shape index (κ2) is 6.17. The first kappa shape index (κ1) is 16.0. The number of thioether (sulfide) groups is 2. The van der Waals surface area contributed by atoms with Gasteiger partial charge in [-0.15, -0.1) is 0 Å². The van der Waals surface area contributed by atoms with E-state index in [-0.39, 0.29) is 11.2 Å². The quantitative estimate of drug-likeness (QED) is 0.859. The summed E-state index contributed by atoms with van der Waals surface area (Å²) in [5.41, 5.74) is 0.00727. The molecule has 0 aromatic carbocycles. The molecule has 1 N–H and O–H groups in total. The van der Waals surface area contributed by atoms with Crippen LogP contribution in [0.15, 0.2) is 0 Å². The third-order valence-electron chi connectivity index (χ3n) is 4.26. The van der Waals surface area contributed by atoms with Gasteiger partial charge in [-0.3, -0.25) is 0 Å². The molecule has 4 heteroatoms. The van der Waals surface area contributed by atoms with E-state index in [0.29, 0.717) is 12.0 Å². The van der Waals surface area contributed by atoms with Gasteiger partial charge in [0.15, 0.2) is 0 Å². The molecule has 0 bridgehead atoms. The van der Waals surface area contributed by atoms with Crippen LogP contribution in [0.2, 0.25) is 0 Å². The van der Waals surface area contributed by atoms with E-state index < -0.39 is 0 Å². The van der Waals surface area contributed by atoms with Gasteiger partial charge < -0.3 is 10.1 Å². The highest BCUT2D eigenvalue weighted by atomic mass is 32.2. The molecular weight excluding hydrogens is 274 g/mol. The van der Waals surface area contributed by atoms with Gasteiger partial charge in [0.1, 0.15) is 0 Å². The van der Waals surface area contributed by atoms with Crippen LogP contribution >= 0.6 is 23.5 Å². The fourth-order valence-corrected chi connectivity index (χ4v) is 6.58. The normalized spacial score (nSPS) is 35.2. The topological polar surface area (TPSA) is 21.3 Å². The van der Waals surface area contributed by atoms with Crippen molar-refractivity contribution in [3.8, 4) is 0 Å². The Balaban J connectivity index is 2.13. The van der Waals surface area contributed by atoms with Crippen LogP contribution in [0.1, 0.15) is 41.0 Å². The SMILES string of the molecule is CCNC(C1CSCCS1)C1CC(C)(C)OC1(C)C. The Morgan fingerprint density at radius 1 is 1.26 bits per heavy atom. The largest absolute Gasteiger partial charge is 0.369 e. The van der Waals surface area contributed by atoms with Crippen molar-refractivity contribution in [2.75, 3.05) is 23.8 Å². The van der Waals surface area contributed by atoms with Gasteiger partial charge in [-0.05, 0) is 40.7 Å². The van der Waals surface area contributed by atoms with E-state index in [2.05, 4.69) is 63.5 Å². The first-order chi connectivity index (χ1) is 8.86. The summed E-state index contributed by atoms with van der Waals surface area (Å²) in [6, 6.07) is 0.583. The van der Waals surface area contributed by atoms with Gasteiger partial charge in [0.2, 0.25) is 0 Å². The maximum atomic E-state index is 6.31. The summed E-state index contributed by atoms with van der Waals surface area (Å²) in [4.78, 5) is 0. The van der Waals surface area contributed by atoms with E-state index in [1.54, 1.807) is 0 Å². The first-order valence-corrected chi connectivity index (χ1v) is 9.69. The lowest BCUT2D eigenvalue weighted by molar-refractivity contribution is -0.0775. The molecule has 0 spiro atoms. The smallest absolute Gasteiger partial charge is 0.0678 e.